The Hall–Kier alpha value is -2.72. The Morgan fingerprint density at radius 2 is 1.70 bits per heavy atom. The van der Waals surface area contributed by atoms with Gasteiger partial charge in [-0.2, -0.15) is 4.31 Å². The highest BCUT2D eigenvalue weighted by Gasteiger charge is 2.31. The predicted molar refractivity (Wildman–Crippen MR) is 147 cm³/mol. The van der Waals surface area contributed by atoms with Crippen LogP contribution >= 0.6 is 27.5 Å². The molecule has 1 fully saturated rings. The number of hydrogen-bond acceptors (Lipinski definition) is 5. The molecule has 0 radical (unpaired) electrons. The molecule has 10 heteroatoms. The maximum atomic E-state index is 13.4. The van der Waals surface area contributed by atoms with E-state index in [-0.39, 0.29) is 27.3 Å². The monoisotopic (exact) mass is 601 g/mol. The minimum Gasteiger partial charge on any atom is -0.369 e. The molecule has 0 spiro atoms. The number of carbonyl (C=O) groups is 2. The Morgan fingerprint density at radius 3 is 2.43 bits per heavy atom. The normalized spacial score (nSPS) is 18.4. The molecule has 1 N–H and O–H groups in total. The quantitative estimate of drug-likeness (QED) is 0.441. The average Bonchev–Trinajstić information content (AvgIpc) is 2.91. The van der Waals surface area contributed by atoms with Crippen LogP contribution in [-0.4, -0.2) is 50.6 Å². The van der Waals surface area contributed by atoms with Crippen molar-refractivity contribution in [3.05, 3.63) is 92.9 Å². The van der Waals surface area contributed by atoms with Crippen LogP contribution in [0.4, 0.5) is 5.69 Å². The number of piperazine rings is 1. The molecule has 0 saturated carbocycles. The molecule has 37 heavy (non-hydrogen) atoms. The summed E-state index contributed by atoms with van der Waals surface area (Å²) in [6.45, 7) is 1.81. The van der Waals surface area contributed by atoms with E-state index in [4.69, 9.17) is 11.6 Å². The van der Waals surface area contributed by atoms with E-state index in [0.717, 1.165) is 15.7 Å². The SMILES string of the molecule is O=C(NC1CCC(=O)c2ccc(Br)cc21)c1cc(S(=O)(=O)N2CCN(c3ccccc3)CC2)ccc1Cl. The molecular formula is C27H25BrClN3O4S. The maximum Gasteiger partial charge on any atom is 0.253 e. The number of ketones is 1. The molecule has 1 heterocycles. The zero-order chi connectivity index (χ0) is 26.2. The minimum absolute atomic E-state index is 0.0252. The van der Waals surface area contributed by atoms with E-state index in [2.05, 4.69) is 26.1 Å². The number of hydrogen-bond donors (Lipinski definition) is 1. The van der Waals surface area contributed by atoms with Crippen LogP contribution in [0.3, 0.4) is 0 Å². The van der Waals surface area contributed by atoms with Gasteiger partial charge >= 0.3 is 0 Å². The third-order valence-electron chi connectivity index (χ3n) is 6.84. The molecule has 7 nitrogen and oxygen atoms in total. The second-order valence-corrected chi connectivity index (χ2v) is 12.3. The Morgan fingerprint density at radius 1 is 0.973 bits per heavy atom. The summed E-state index contributed by atoms with van der Waals surface area (Å²) in [6.07, 6.45) is 0.770. The van der Waals surface area contributed by atoms with Gasteiger partial charge in [-0.05, 0) is 60.5 Å². The number of sulfonamides is 1. The molecule has 1 unspecified atom stereocenters. The van der Waals surface area contributed by atoms with Crippen LogP contribution in [0.15, 0.2) is 76.1 Å². The van der Waals surface area contributed by atoms with Crippen molar-refractivity contribution in [1.82, 2.24) is 9.62 Å². The number of rotatable bonds is 5. The van der Waals surface area contributed by atoms with E-state index < -0.39 is 15.9 Å². The van der Waals surface area contributed by atoms with Crippen molar-refractivity contribution in [2.24, 2.45) is 0 Å². The number of benzene rings is 3. The molecule has 1 atom stereocenters. The van der Waals surface area contributed by atoms with Gasteiger partial charge in [0.2, 0.25) is 10.0 Å². The first-order valence-electron chi connectivity index (χ1n) is 12.0. The molecule has 0 bridgehead atoms. The van der Waals surface area contributed by atoms with Gasteiger partial charge in [0.05, 0.1) is 21.5 Å². The number of carbonyl (C=O) groups excluding carboxylic acids is 2. The van der Waals surface area contributed by atoms with E-state index >= 15 is 0 Å². The lowest BCUT2D eigenvalue weighted by Gasteiger charge is -2.35. The Balaban J connectivity index is 1.34. The van der Waals surface area contributed by atoms with Crippen LogP contribution in [0.1, 0.15) is 45.2 Å². The zero-order valence-corrected chi connectivity index (χ0v) is 23.0. The lowest BCUT2D eigenvalue weighted by atomic mass is 9.86. The number of anilines is 1. The standard InChI is InChI=1S/C27H25BrClN3O4S/c28-18-6-8-21-22(16-18)25(10-11-26(21)33)30-27(34)23-17-20(7-9-24(23)29)37(35,36)32-14-12-31(13-15-32)19-4-2-1-3-5-19/h1-9,16-17,25H,10-15H2,(H,30,34). The van der Waals surface area contributed by atoms with Gasteiger partial charge in [0.25, 0.3) is 5.91 Å². The topological polar surface area (TPSA) is 86.8 Å². The van der Waals surface area contributed by atoms with E-state index in [1.807, 2.05) is 36.4 Å². The number of halogens is 2. The van der Waals surface area contributed by atoms with Gasteiger partial charge in [-0.25, -0.2) is 8.42 Å². The number of fused-ring (bicyclic) bond motifs is 1. The molecule has 5 rings (SSSR count). The van der Waals surface area contributed by atoms with Crippen molar-refractivity contribution in [2.45, 2.75) is 23.8 Å². The minimum atomic E-state index is -3.82. The van der Waals surface area contributed by atoms with Crippen molar-refractivity contribution in [2.75, 3.05) is 31.1 Å². The van der Waals surface area contributed by atoms with Crippen LogP contribution in [0.5, 0.6) is 0 Å². The first-order valence-corrected chi connectivity index (χ1v) is 14.6. The van der Waals surface area contributed by atoms with Crippen LogP contribution < -0.4 is 10.2 Å². The van der Waals surface area contributed by atoms with Crippen LogP contribution in [0.25, 0.3) is 0 Å². The van der Waals surface area contributed by atoms with Gasteiger partial charge in [-0.15, -0.1) is 0 Å². The third kappa shape index (κ3) is 5.31. The molecule has 1 saturated heterocycles. The second kappa shape index (κ2) is 10.6. The first kappa shape index (κ1) is 25.9. The van der Waals surface area contributed by atoms with E-state index in [1.165, 1.54) is 22.5 Å². The predicted octanol–water partition coefficient (Wildman–Crippen LogP) is 5.06. The number of amides is 1. The molecule has 1 amide bonds. The maximum absolute atomic E-state index is 13.4. The summed E-state index contributed by atoms with van der Waals surface area (Å²) in [5, 5.41) is 3.11. The van der Waals surface area contributed by atoms with Crippen LogP contribution in [0, 0.1) is 0 Å². The van der Waals surface area contributed by atoms with Crippen molar-refractivity contribution in [3.63, 3.8) is 0 Å². The smallest absolute Gasteiger partial charge is 0.253 e. The molecule has 3 aromatic rings. The number of nitrogens with one attached hydrogen (secondary N) is 1. The lowest BCUT2D eigenvalue weighted by Crippen LogP contribution is -2.48. The summed E-state index contributed by atoms with van der Waals surface area (Å²) in [4.78, 5) is 27.8. The summed E-state index contributed by atoms with van der Waals surface area (Å²) in [5.74, 6) is -0.451. The van der Waals surface area contributed by atoms with Gasteiger partial charge in [0.1, 0.15) is 0 Å². The lowest BCUT2D eigenvalue weighted by molar-refractivity contribution is 0.0903. The molecular weight excluding hydrogens is 578 g/mol. The molecule has 0 aromatic heterocycles. The van der Waals surface area contributed by atoms with Crippen molar-refractivity contribution in [1.29, 1.82) is 0 Å². The fraction of sp³-hybridized carbons (Fsp3) is 0.259. The van der Waals surface area contributed by atoms with Crippen LogP contribution in [0.2, 0.25) is 5.02 Å². The van der Waals surface area contributed by atoms with Crippen molar-refractivity contribution < 1.29 is 18.0 Å². The van der Waals surface area contributed by atoms with Crippen molar-refractivity contribution >= 4 is 54.9 Å². The highest BCUT2D eigenvalue weighted by molar-refractivity contribution is 9.10. The first-order chi connectivity index (χ1) is 17.7. The van der Waals surface area contributed by atoms with E-state index in [0.29, 0.717) is 44.6 Å². The van der Waals surface area contributed by atoms with E-state index in [1.54, 1.807) is 12.1 Å². The van der Waals surface area contributed by atoms with Crippen molar-refractivity contribution in [3.8, 4) is 0 Å². The van der Waals surface area contributed by atoms with Gasteiger partial charge < -0.3 is 10.2 Å². The zero-order valence-electron chi connectivity index (χ0n) is 19.9. The molecule has 1 aliphatic heterocycles. The fourth-order valence-corrected chi connectivity index (χ4v) is 6.87. The number of para-hydroxylation sites is 1. The van der Waals surface area contributed by atoms with Crippen LogP contribution in [-0.2, 0) is 10.0 Å². The Bertz CT molecular complexity index is 1460. The largest absolute Gasteiger partial charge is 0.369 e. The van der Waals surface area contributed by atoms with Gasteiger partial charge in [0, 0.05) is 48.3 Å². The average molecular weight is 603 g/mol. The van der Waals surface area contributed by atoms with Gasteiger partial charge in [0.15, 0.2) is 5.78 Å². The third-order valence-corrected chi connectivity index (χ3v) is 9.55. The molecule has 192 valence electrons. The Labute approximate surface area is 229 Å². The molecule has 2 aliphatic rings. The molecule has 3 aromatic carbocycles. The second-order valence-electron chi connectivity index (χ2n) is 9.09. The molecule has 1 aliphatic carbocycles. The van der Waals surface area contributed by atoms with Gasteiger partial charge in [-0.1, -0.05) is 45.7 Å². The van der Waals surface area contributed by atoms with Gasteiger partial charge in [-0.3, -0.25) is 9.59 Å². The number of Topliss-reactive ketones (excluding diaryl/α,β-unsaturated/α-hetero) is 1. The summed E-state index contributed by atoms with van der Waals surface area (Å²) in [6, 6.07) is 19.1. The Kier molecular flexibility index (Phi) is 7.40. The highest BCUT2D eigenvalue weighted by Crippen LogP contribution is 2.33. The summed E-state index contributed by atoms with van der Waals surface area (Å²) in [5.41, 5.74) is 2.45. The van der Waals surface area contributed by atoms with E-state index in [9.17, 15) is 18.0 Å². The summed E-state index contributed by atoms with van der Waals surface area (Å²) < 4.78 is 29.1. The summed E-state index contributed by atoms with van der Waals surface area (Å²) in [7, 11) is -3.82. The number of nitrogens with zero attached hydrogens (tertiary/aromatic N) is 2. The summed E-state index contributed by atoms with van der Waals surface area (Å²) >= 11 is 9.77. The fourth-order valence-electron chi connectivity index (χ4n) is 4.84. The highest BCUT2D eigenvalue weighted by atomic mass is 79.9.